The number of amides is 3. The number of rotatable bonds is 9. The Labute approximate surface area is 434 Å². The highest BCUT2D eigenvalue weighted by atomic mass is 16.2. The standard InChI is InChI=1S/C17H22N6O.2C16H20N6O/c1-11-5-6-23(15(24)8-18-3)9-14(11)22(4)17-13-7-12(2)21-16(13)19-10-20-17;2*1-11-5-7-22(14(23)8-17-2)9-13(11)21(3)16-12-4-6-18-15(12)19-10-20-16/h7,10-11,14H,5-6,8-9H2,1-2,4H3,(H,19,20,21);2*4,6,10-11,13H,5,7-9H2,1,3H3,(H,18,19,20)/t11-,14+;2*11-,13+/m111/s1/i1D3,7D,11D,14D;1D3,3D3,13D;1D3,3D3. The van der Waals surface area contributed by atoms with Crippen molar-refractivity contribution in [3.63, 3.8) is 0 Å². The molecule has 6 atom stereocenters. The number of aromatic nitrogens is 9. The third-order valence-electron chi connectivity index (χ3n) is 11.9. The second-order valence-corrected chi connectivity index (χ2v) is 16.3. The molecule has 0 aromatic carbocycles. The zero-order chi connectivity index (χ0) is 66.2. The molecule has 0 spiro atoms. The first-order chi connectivity index (χ1) is 41.3. The van der Waals surface area contributed by atoms with Crippen molar-refractivity contribution in [3.8, 4) is 0 Å². The first-order valence-corrected chi connectivity index (χ1v) is 21.8. The van der Waals surface area contributed by atoms with Crippen LogP contribution in [0, 0.1) is 44.4 Å². The minimum atomic E-state index is -2.93. The minimum Gasteiger partial charge on any atom is -0.354 e. The number of hydrogen-bond donors (Lipinski definition) is 3. The van der Waals surface area contributed by atoms with E-state index >= 15 is 0 Å². The maximum Gasteiger partial charge on any atom is 0.302 e. The predicted octanol–water partition coefficient (Wildman–Crippen LogP) is 4.96. The number of likely N-dealkylation sites (tertiary alicyclic amines) is 3. The number of likely N-dealkylation sites (N-methyl/N-ethyl adjacent to an activating group) is 3. The summed E-state index contributed by atoms with van der Waals surface area (Å²) in [6, 6.07) is -2.12. The van der Waals surface area contributed by atoms with Crippen molar-refractivity contribution in [2.24, 2.45) is 17.7 Å². The average Bonchev–Trinajstić information content (AvgIpc) is 1.39. The molecule has 3 N–H and O–H groups in total. The Morgan fingerprint density at radius 1 is 0.671 bits per heavy atom. The van der Waals surface area contributed by atoms with Gasteiger partial charge in [0.05, 0.1) is 38.3 Å². The highest BCUT2D eigenvalue weighted by Crippen LogP contribution is 2.32. The molecule has 3 aliphatic rings. The van der Waals surface area contributed by atoms with Crippen LogP contribution >= 0.6 is 0 Å². The van der Waals surface area contributed by atoms with Gasteiger partial charge in [0.25, 0.3) is 19.6 Å². The van der Waals surface area contributed by atoms with E-state index in [1.165, 1.54) is 45.5 Å². The molecule has 9 heterocycles. The van der Waals surface area contributed by atoms with Crippen LogP contribution in [0.4, 0.5) is 17.5 Å². The number of H-pyrrole nitrogens is 3. The number of hydrogen-bond acceptors (Lipinski definition) is 12. The number of anilines is 3. The van der Waals surface area contributed by atoms with E-state index in [0.29, 0.717) is 43.7 Å². The summed E-state index contributed by atoms with van der Waals surface area (Å²) in [4.78, 5) is 86.1. The SMILES string of the molecule is [2H]C([2H])([2H])[C@@H]1CCN(C(=O)C[N+]#[C-])C[C@@H]1N(c1ncnc2[nH]ccc12)C([2H])([2H])[2H].[2H]C([2H])([2H])[C@@H]1CCN(C(=O)C[N+]#[C-])C[C@]1([2H])N(c1ncnc2[nH]ccc12)C([2H])([2H])[2H].[2H]c1c(C)[nH]c2ncnc(N(C)[C@@]3([2H])CN(C(=O)C[N+]#[C-])CC[C@@]3([2H])C([2H])([2H])[2H])c12. The van der Waals surface area contributed by atoms with Crippen molar-refractivity contribution in [2.75, 3.05) is 94.6 Å². The van der Waals surface area contributed by atoms with E-state index in [4.69, 9.17) is 45.8 Å². The zero-order valence-electron chi connectivity index (χ0n) is 57.2. The number of piperidine rings is 3. The maximum atomic E-state index is 12.3. The summed E-state index contributed by atoms with van der Waals surface area (Å²) in [6.07, 6.45) is 6.41. The van der Waals surface area contributed by atoms with Gasteiger partial charge in [0, 0.05) is 100 Å². The molecule has 0 bridgehead atoms. The predicted molar refractivity (Wildman–Crippen MR) is 268 cm³/mol. The molecule has 0 radical (unpaired) electrons. The smallest absolute Gasteiger partial charge is 0.302 e. The lowest BCUT2D eigenvalue weighted by molar-refractivity contribution is -0.131. The van der Waals surface area contributed by atoms with E-state index in [9.17, 15) is 14.4 Å². The van der Waals surface area contributed by atoms with E-state index in [0.717, 1.165) is 11.2 Å². The Morgan fingerprint density at radius 2 is 1.17 bits per heavy atom. The normalized spacial score (nSPS) is 29.1. The van der Waals surface area contributed by atoms with Crippen LogP contribution < -0.4 is 14.7 Å². The molecule has 21 nitrogen and oxygen atoms in total. The number of aromatic amines is 3. The van der Waals surface area contributed by atoms with Crippen LogP contribution in [0.5, 0.6) is 0 Å². The Balaban J connectivity index is 0.000000190. The topological polar surface area (TPSA) is 208 Å². The number of carbonyl (C=O) groups excluding carboxylic acids is 3. The van der Waals surface area contributed by atoms with Gasteiger partial charge < -0.3 is 58.9 Å². The average molecular weight is 970 g/mol. The lowest BCUT2D eigenvalue weighted by Crippen LogP contribution is -2.53. The second-order valence-electron chi connectivity index (χ2n) is 16.3. The molecule has 6 aromatic rings. The number of nitrogens with one attached hydrogen (secondary N) is 3. The third kappa shape index (κ3) is 11.0. The maximum absolute atomic E-state index is 12.3. The molecule has 3 fully saturated rings. The van der Waals surface area contributed by atoms with Crippen molar-refractivity contribution in [2.45, 2.75) is 64.8 Å². The minimum absolute atomic E-state index is 0.0240. The number of nitrogens with zero attached hydrogens (tertiary/aromatic N) is 15. The van der Waals surface area contributed by atoms with Crippen molar-refractivity contribution >= 4 is 68.3 Å². The van der Waals surface area contributed by atoms with E-state index in [1.54, 1.807) is 25.3 Å². The monoisotopic (exact) mass is 970 g/mol. The lowest BCUT2D eigenvalue weighted by atomic mass is 9.92. The van der Waals surface area contributed by atoms with E-state index in [1.807, 2.05) is 0 Å². The largest absolute Gasteiger partial charge is 0.354 e. The highest BCUT2D eigenvalue weighted by Gasteiger charge is 2.36. The molecule has 70 heavy (non-hydrogen) atoms. The van der Waals surface area contributed by atoms with Crippen LogP contribution in [-0.2, 0) is 14.4 Å². The summed E-state index contributed by atoms with van der Waals surface area (Å²) in [6.45, 7) is 6.79. The summed E-state index contributed by atoms with van der Waals surface area (Å²) >= 11 is 0. The van der Waals surface area contributed by atoms with Crippen LogP contribution in [-0.4, -0.2) is 175 Å². The molecule has 9 rings (SSSR count). The summed E-state index contributed by atoms with van der Waals surface area (Å²) in [7, 11) is 1.44. The summed E-state index contributed by atoms with van der Waals surface area (Å²) in [5, 5.41) is 1.06. The Bertz CT molecular complexity index is 3700. The van der Waals surface area contributed by atoms with Gasteiger partial charge in [-0.2, -0.15) is 0 Å². The highest BCUT2D eigenvalue weighted by molar-refractivity contribution is 5.89. The first-order valence-electron chi connectivity index (χ1n) is 31.3. The fourth-order valence-electron chi connectivity index (χ4n) is 8.21. The lowest BCUT2D eigenvalue weighted by Gasteiger charge is -2.41. The Hall–Kier alpha value is -7.86. The quantitative estimate of drug-likeness (QED) is 0.164. The molecule has 366 valence electrons. The van der Waals surface area contributed by atoms with Crippen LogP contribution in [0.3, 0.4) is 0 Å². The Morgan fingerprint density at radius 3 is 1.71 bits per heavy atom. The van der Waals surface area contributed by atoms with Crippen LogP contribution in [0.15, 0.2) is 49.6 Å². The van der Waals surface area contributed by atoms with Crippen molar-refractivity contribution in [1.29, 1.82) is 0 Å². The van der Waals surface area contributed by atoms with Crippen LogP contribution in [0.2, 0.25) is 0 Å². The number of aryl methyl sites for hydroxylation is 1. The molecule has 21 heteroatoms. The molecule has 6 aromatic heterocycles. The van der Waals surface area contributed by atoms with Gasteiger partial charge in [0.15, 0.2) is 0 Å². The van der Waals surface area contributed by atoms with Gasteiger partial charge in [-0.05, 0) is 62.1 Å². The van der Waals surface area contributed by atoms with Crippen molar-refractivity contribution < 1.29 is 40.4 Å². The molecule has 3 saturated heterocycles. The second kappa shape index (κ2) is 22.5. The summed E-state index contributed by atoms with van der Waals surface area (Å²) in [5.74, 6) is -6.05. The molecular weight excluding hydrogens is 889 g/mol. The fourth-order valence-corrected chi connectivity index (χ4v) is 8.21. The van der Waals surface area contributed by atoms with E-state index in [-0.39, 0.29) is 82.0 Å². The first kappa shape index (κ1) is 30.6. The van der Waals surface area contributed by atoms with Crippen molar-refractivity contribution in [1.82, 2.24) is 59.6 Å². The molecule has 3 aliphatic heterocycles. The number of carbonyl (C=O) groups is 3. The molecule has 0 aliphatic carbocycles. The zero-order valence-corrected chi connectivity index (χ0v) is 38.2. The molecule has 3 amide bonds. The van der Waals surface area contributed by atoms with Gasteiger partial charge in [0.2, 0.25) is 0 Å². The van der Waals surface area contributed by atoms with Gasteiger partial charge in [-0.3, -0.25) is 14.4 Å². The fraction of sp³-hybridized carbons (Fsp3) is 0.510. The van der Waals surface area contributed by atoms with Gasteiger partial charge in [-0.1, -0.05) is 20.6 Å². The third-order valence-corrected chi connectivity index (χ3v) is 11.9. The number of fused-ring (bicyclic) bond motifs is 3. The summed E-state index contributed by atoms with van der Waals surface area (Å²) < 4.78 is 156. The van der Waals surface area contributed by atoms with E-state index < -0.39 is 108 Å². The molecule has 0 unspecified atom stereocenters. The molecule has 0 saturated carbocycles. The van der Waals surface area contributed by atoms with Gasteiger partial charge in [-0.15, -0.1) is 0 Å². The van der Waals surface area contributed by atoms with Gasteiger partial charge in [-0.25, -0.2) is 49.6 Å². The van der Waals surface area contributed by atoms with E-state index in [2.05, 4.69) is 59.4 Å². The van der Waals surface area contributed by atoms with Crippen molar-refractivity contribution in [3.05, 3.63) is 89.5 Å². The van der Waals surface area contributed by atoms with Gasteiger partial charge in [0.1, 0.15) is 53.4 Å². The molecular formula is C49H62N18O3. The van der Waals surface area contributed by atoms with Gasteiger partial charge >= 0.3 is 17.7 Å². The van der Waals surface area contributed by atoms with Crippen LogP contribution in [0.25, 0.3) is 47.6 Å². The summed E-state index contributed by atoms with van der Waals surface area (Å²) in [5.41, 5.74) is 1.65. The van der Waals surface area contributed by atoms with Crippen LogP contribution in [0.1, 0.15) is 71.6 Å². The Kier molecular flexibility index (Phi) is 9.83.